The van der Waals surface area contributed by atoms with Crippen molar-refractivity contribution >= 4 is 7.60 Å². The van der Waals surface area contributed by atoms with Crippen LogP contribution in [0.4, 0.5) is 0 Å². The highest BCUT2D eigenvalue weighted by Gasteiger charge is 2.56. The van der Waals surface area contributed by atoms with Gasteiger partial charge in [-0.15, -0.1) is 0 Å². The number of hydrogen-bond acceptors (Lipinski definition) is 4. The Morgan fingerprint density at radius 3 is 1.86 bits per heavy atom. The summed E-state index contributed by atoms with van der Waals surface area (Å²) >= 11 is 0. The van der Waals surface area contributed by atoms with E-state index in [1.165, 1.54) is 0 Å². The van der Waals surface area contributed by atoms with Crippen LogP contribution >= 0.6 is 7.60 Å². The van der Waals surface area contributed by atoms with Crippen LogP contribution in [0.15, 0.2) is 60.7 Å². The molecule has 1 fully saturated rings. The van der Waals surface area contributed by atoms with E-state index in [4.69, 9.17) is 9.47 Å². The first kappa shape index (κ1) is 21.2. The second kappa shape index (κ2) is 8.07. The van der Waals surface area contributed by atoms with Gasteiger partial charge in [0.15, 0.2) is 11.6 Å². The monoisotopic (exact) mass is 406 g/mol. The van der Waals surface area contributed by atoms with Crippen molar-refractivity contribution in [1.29, 1.82) is 0 Å². The van der Waals surface area contributed by atoms with Crippen LogP contribution in [0, 0.1) is 5.41 Å². The van der Waals surface area contributed by atoms with Crippen LogP contribution in [-0.4, -0.2) is 39.2 Å². The minimum atomic E-state index is -4.83. The molecule has 3 N–H and O–H groups in total. The Hall–Kier alpha value is -1.53. The van der Waals surface area contributed by atoms with Gasteiger partial charge in [0.1, 0.15) is 0 Å². The first-order chi connectivity index (χ1) is 13.1. The van der Waals surface area contributed by atoms with E-state index in [0.29, 0.717) is 0 Å². The Morgan fingerprint density at radius 2 is 1.50 bits per heavy atom. The van der Waals surface area contributed by atoms with Gasteiger partial charge >= 0.3 is 7.60 Å². The average molecular weight is 406 g/mol. The summed E-state index contributed by atoms with van der Waals surface area (Å²) in [5.74, 6) is -2.79. The fraction of sp³-hybridized carbons (Fsp3) is 0.429. The highest BCUT2D eigenvalue weighted by Crippen LogP contribution is 2.54. The molecule has 6 nitrogen and oxygen atoms in total. The van der Waals surface area contributed by atoms with Crippen LogP contribution in [-0.2, 0) is 26.9 Å². The van der Waals surface area contributed by atoms with E-state index in [2.05, 4.69) is 0 Å². The summed E-state index contributed by atoms with van der Waals surface area (Å²) in [6.07, 6.45) is -0.219. The molecule has 2 atom stereocenters. The van der Waals surface area contributed by atoms with E-state index >= 15 is 0 Å². The molecule has 0 aliphatic carbocycles. The van der Waals surface area contributed by atoms with Gasteiger partial charge in [-0.25, -0.2) is 0 Å². The van der Waals surface area contributed by atoms with E-state index in [1.807, 2.05) is 60.7 Å². The van der Waals surface area contributed by atoms with Crippen LogP contribution in [0.25, 0.3) is 0 Å². The predicted octanol–water partition coefficient (Wildman–Crippen LogP) is 3.11. The molecule has 1 aliphatic heterocycles. The number of aliphatic hydroxyl groups excluding tert-OH is 1. The molecule has 1 saturated heterocycles. The largest absolute Gasteiger partial charge is 0.380 e. The molecule has 3 rings (SSSR count). The molecular formula is C21H27O6P. The minimum absolute atomic E-state index is 0.143. The summed E-state index contributed by atoms with van der Waals surface area (Å²) in [6, 6.07) is 18.7. The van der Waals surface area contributed by atoms with Crippen molar-refractivity contribution in [2.75, 3.05) is 6.61 Å². The molecule has 152 valence electrons. The second-order valence-corrected chi connectivity index (χ2v) is 9.51. The first-order valence-corrected chi connectivity index (χ1v) is 10.9. The molecule has 1 heterocycles. The third-order valence-electron chi connectivity index (χ3n) is 5.23. The third kappa shape index (κ3) is 4.71. The normalized spacial score (nSPS) is 20.8. The molecule has 2 aromatic carbocycles. The van der Waals surface area contributed by atoms with Crippen molar-refractivity contribution in [3.8, 4) is 0 Å². The SMILES string of the molecule is CC1(C)OC[C@H](C(Cc2ccccc2)(Cc2ccccc2)[C@H](O)P(=O)(O)O)O1. The van der Waals surface area contributed by atoms with E-state index in [-0.39, 0.29) is 19.4 Å². The number of aliphatic hydroxyl groups is 1. The van der Waals surface area contributed by atoms with Gasteiger partial charge in [0, 0.05) is 5.41 Å². The molecule has 0 saturated carbocycles. The van der Waals surface area contributed by atoms with Gasteiger partial charge in [-0.1, -0.05) is 60.7 Å². The summed E-state index contributed by atoms with van der Waals surface area (Å²) in [5, 5.41) is 11.0. The number of ether oxygens (including phenoxy) is 2. The Kier molecular flexibility index (Phi) is 6.11. The lowest BCUT2D eigenvalue weighted by Gasteiger charge is -2.42. The van der Waals surface area contributed by atoms with E-state index in [0.717, 1.165) is 11.1 Å². The zero-order valence-electron chi connectivity index (χ0n) is 16.1. The fourth-order valence-electron chi connectivity index (χ4n) is 3.90. The highest BCUT2D eigenvalue weighted by molar-refractivity contribution is 7.52. The van der Waals surface area contributed by atoms with E-state index < -0.39 is 30.7 Å². The van der Waals surface area contributed by atoms with Gasteiger partial charge in [-0.05, 0) is 37.8 Å². The molecule has 0 unspecified atom stereocenters. The van der Waals surface area contributed by atoms with E-state index in [9.17, 15) is 19.5 Å². The Balaban J connectivity index is 2.10. The summed E-state index contributed by atoms with van der Waals surface area (Å²) in [6.45, 7) is 3.66. The number of rotatable bonds is 7. The maximum Gasteiger partial charge on any atom is 0.354 e. The molecule has 0 aromatic heterocycles. The standard InChI is InChI=1S/C21H27O6P/c1-20(2)26-15-18(27-20)21(19(22)28(23,24)25,13-16-9-5-3-6-10-16)14-17-11-7-4-8-12-17/h3-12,18-19,22H,13-15H2,1-2H3,(H2,23,24,25)/t18-,19-/m1/s1. The summed E-state index contributed by atoms with van der Waals surface area (Å²) in [4.78, 5) is 19.9. The topological polar surface area (TPSA) is 96.2 Å². The molecule has 0 bridgehead atoms. The van der Waals surface area contributed by atoms with Crippen molar-refractivity contribution in [1.82, 2.24) is 0 Å². The van der Waals surface area contributed by atoms with Gasteiger partial charge in [0.2, 0.25) is 0 Å². The maximum atomic E-state index is 12.2. The van der Waals surface area contributed by atoms with Crippen molar-refractivity contribution in [2.45, 2.75) is 44.4 Å². The molecule has 7 heteroatoms. The number of hydrogen-bond donors (Lipinski definition) is 3. The van der Waals surface area contributed by atoms with Gasteiger partial charge < -0.3 is 24.4 Å². The van der Waals surface area contributed by atoms with Gasteiger partial charge in [0.05, 0.1) is 12.7 Å². The molecule has 0 radical (unpaired) electrons. The van der Waals surface area contributed by atoms with Crippen LogP contribution in [0.5, 0.6) is 0 Å². The van der Waals surface area contributed by atoms with E-state index in [1.54, 1.807) is 13.8 Å². The van der Waals surface area contributed by atoms with Crippen molar-refractivity contribution < 1.29 is 28.9 Å². The van der Waals surface area contributed by atoms with Crippen LogP contribution < -0.4 is 0 Å². The molecule has 0 spiro atoms. The van der Waals surface area contributed by atoms with Gasteiger partial charge in [-0.3, -0.25) is 4.57 Å². The third-order valence-corrected chi connectivity index (χ3v) is 6.39. The molecule has 28 heavy (non-hydrogen) atoms. The Labute approximate surface area is 165 Å². The van der Waals surface area contributed by atoms with Crippen molar-refractivity contribution in [2.24, 2.45) is 5.41 Å². The lowest BCUT2D eigenvalue weighted by atomic mass is 9.72. The van der Waals surface area contributed by atoms with Crippen LogP contribution in [0.1, 0.15) is 25.0 Å². The first-order valence-electron chi connectivity index (χ1n) is 9.25. The Bertz CT molecular complexity index is 776. The summed E-state index contributed by atoms with van der Waals surface area (Å²) in [7, 11) is -4.83. The average Bonchev–Trinajstić information content (AvgIpc) is 3.02. The summed E-state index contributed by atoms with van der Waals surface area (Å²) in [5.41, 5.74) is 0.452. The van der Waals surface area contributed by atoms with Crippen LogP contribution in [0.3, 0.4) is 0 Å². The van der Waals surface area contributed by atoms with Gasteiger partial charge in [-0.2, -0.15) is 0 Å². The lowest BCUT2D eigenvalue weighted by molar-refractivity contribution is -0.162. The van der Waals surface area contributed by atoms with Crippen LogP contribution in [0.2, 0.25) is 0 Å². The summed E-state index contributed by atoms with van der Waals surface area (Å²) < 4.78 is 24.0. The smallest absolute Gasteiger partial charge is 0.354 e. The molecule has 1 aliphatic rings. The predicted molar refractivity (Wildman–Crippen MR) is 106 cm³/mol. The zero-order chi connectivity index (χ0) is 20.4. The molecule has 0 amide bonds. The zero-order valence-corrected chi connectivity index (χ0v) is 17.0. The Morgan fingerprint density at radius 1 is 1.04 bits per heavy atom. The number of benzene rings is 2. The van der Waals surface area contributed by atoms with Gasteiger partial charge in [0.25, 0.3) is 0 Å². The second-order valence-electron chi connectivity index (χ2n) is 7.84. The van der Waals surface area contributed by atoms with Crippen molar-refractivity contribution in [3.63, 3.8) is 0 Å². The van der Waals surface area contributed by atoms with Crippen molar-refractivity contribution in [3.05, 3.63) is 71.8 Å². The minimum Gasteiger partial charge on any atom is -0.380 e. The highest BCUT2D eigenvalue weighted by atomic mass is 31.2. The fourth-order valence-corrected chi connectivity index (χ4v) is 4.91. The lowest BCUT2D eigenvalue weighted by Crippen LogP contribution is -2.50. The maximum absolute atomic E-state index is 12.2. The quantitative estimate of drug-likeness (QED) is 0.612. The molecular weight excluding hydrogens is 379 g/mol. The molecule has 2 aromatic rings.